The van der Waals surface area contributed by atoms with Gasteiger partial charge in [-0.05, 0) is 0 Å². The van der Waals surface area contributed by atoms with Gasteiger partial charge in [-0.2, -0.15) is 0 Å². The van der Waals surface area contributed by atoms with E-state index in [9.17, 15) is 20.1 Å². The fourth-order valence-corrected chi connectivity index (χ4v) is 1.96. The van der Waals surface area contributed by atoms with Crippen LogP contribution < -0.4 is 5.73 Å². The molecule has 0 unspecified atom stereocenters. The minimum atomic E-state index is -2.16. The highest BCUT2D eigenvalue weighted by Crippen LogP contribution is 2.31. The highest BCUT2D eigenvalue weighted by molar-refractivity contribution is 5.76. The van der Waals surface area contributed by atoms with Crippen molar-refractivity contribution in [2.45, 2.75) is 42.7 Å². The third-order valence-electron chi connectivity index (χ3n) is 3.20. The first-order valence-electron chi connectivity index (χ1n) is 5.66. The van der Waals surface area contributed by atoms with Crippen molar-refractivity contribution in [2.24, 2.45) is 5.73 Å². The molecule has 0 spiro atoms. The van der Waals surface area contributed by atoms with Crippen LogP contribution in [0.3, 0.4) is 0 Å². The summed E-state index contributed by atoms with van der Waals surface area (Å²) in [7, 11) is 1.07. The van der Waals surface area contributed by atoms with Gasteiger partial charge in [0.25, 0.3) is 5.79 Å². The molecule has 9 heteroatoms. The molecule has 0 aromatic heterocycles. The molecular weight excluding hydrogens is 262 g/mol. The van der Waals surface area contributed by atoms with E-state index in [0.29, 0.717) is 0 Å². The number of aliphatic hydroxyl groups excluding tert-OH is 4. The van der Waals surface area contributed by atoms with E-state index >= 15 is 0 Å². The molecular formula is C10H19NO8. The van der Waals surface area contributed by atoms with Crippen molar-refractivity contribution < 1.29 is 39.8 Å². The van der Waals surface area contributed by atoms with E-state index in [-0.39, 0.29) is 0 Å². The SMILES string of the molecule is CO[C@]1(C(=O)O)C[C@H](O)[C@@H](N)[C@H]([C@H](O)[C@@H](O)CO)O1. The monoisotopic (exact) mass is 281 g/mol. The number of aliphatic hydroxyl groups is 4. The van der Waals surface area contributed by atoms with Gasteiger partial charge < -0.3 is 40.7 Å². The average Bonchev–Trinajstić information content (AvgIpc) is 2.39. The van der Waals surface area contributed by atoms with Crippen molar-refractivity contribution in [1.82, 2.24) is 0 Å². The van der Waals surface area contributed by atoms with E-state index in [4.69, 9.17) is 25.4 Å². The molecule has 1 heterocycles. The lowest BCUT2D eigenvalue weighted by Crippen LogP contribution is -2.66. The molecule has 0 radical (unpaired) electrons. The maximum absolute atomic E-state index is 11.2. The second-order valence-corrected chi connectivity index (χ2v) is 4.43. The number of carbonyl (C=O) groups is 1. The van der Waals surface area contributed by atoms with Crippen LogP contribution >= 0.6 is 0 Å². The molecule has 0 saturated carbocycles. The Morgan fingerprint density at radius 2 is 2.16 bits per heavy atom. The summed E-state index contributed by atoms with van der Waals surface area (Å²) < 4.78 is 9.88. The van der Waals surface area contributed by atoms with Crippen molar-refractivity contribution in [1.29, 1.82) is 0 Å². The number of ether oxygens (including phenoxy) is 2. The van der Waals surface area contributed by atoms with Crippen LogP contribution in [0.4, 0.5) is 0 Å². The molecule has 6 atom stereocenters. The Morgan fingerprint density at radius 3 is 2.58 bits per heavy atom. The molecule has 0 amide bonds. The van der Waals surface area contributed by atoms with E-state index < -0.39 is 55.2 Å². The lowest BCUT2D eigenvalue weighted by atomic mass is 9.89. The molecule has 1 fully saturated rings. The topological polar surface area (TPSA) is 163 Å². The second-order valence-electron chi connectivity index (χ2n) is 4.43. The summed E-state index contributed by atoms with van der Waals surface area (Å²) in [5, 5.41) is 46.7. The largest absolute Gasteiger partial charge is 0.477 e. The molecule has 1 saturated heterocycles. The van der Waals surface area contributed by atoms with Crippen LogP contribution in [0, 0.1) is 0 Å². The molecule has 1 rings (SSSR count). The Kier molecular flexibility index (Phi) is 5.21. The van der Waals surface area contributed by atoms with Gasteiger partial charge in [-0.25, -0.2) is 4.79 Å². The van der Waals surface area contributed by atoms with Crippen LogP contribution in [0.5, 0.6) is 0 Å². The third-order valence-corrected chi connectivity index (χ3v) is 3.20. The van der Waals surface area contributed by atoms with Crippen molar-refractivity contribution in [3.8, 4) is 0 Å². The van der Waals surface area contributed by atoms with Gasteiger partial charge in [-0.3, -0.25) is 0 Å². The standard InChI is InChI=1S/C10H19NO8/c1-18-10(9(16)17)2-4(13)6(11)8(19-10)7(15)5(14)3-12/h4-8,12-15H,2-3,11H2,1H3,(H,16,17)/t4-,5-,6+,7+,8+,10+/m0/s1. The molecule has 19 heavy (non-hydrogen) atoms. The van der Waals surface area contributed by atoms with Crippen molar-refractivity contribution >= 4 is 5.97 Å². The highest BCUT2D eigenvalue weighted by Gasteiger charge is 2.53. The Labute approximate surface area is 109 Å². The molecule has 0 bridgehead atoms. The van der Waals surface area contributed by atoms with Gasteiger partial charge in [-0.15, -0.1) is 0 Å². The molecule has 7 N–H and O–H groups in total. The number of hydrogen-bond acceptors (Lipinski definition) is 8. The Hall–Kier alpha value is -0.810. The highest BCUT2D eigenvalue weighted by atomic mass is 16.7. The zero-order valence-corrected chi connectivity index (χ0v) is 10.3. The molecule has 0 aromatic rings. The second kappa shape index (κ2) is 6.09. The molecule has 1 aliphatic heterocycles. The van der Waals surface area contributed by atoms with Gasteiger partial charge in [0, 0.05) is 13.5 Å². The number of nitrogens with two attached hydrogens (primary N) is 1. The fraction of sp³-hybridized carbons (Fsp3) is 0.900. The Bertz CT molecular complexity index is 327. The minimum absolute atomic E-state index is 0.418. The van der Waals surface area contributed by atoms with Gasteiger partial charge in [0.2, 0.25) is 0 Å². The first-order valence-corrected chi connectivity index (χ1v) is 5.66. The van der Waals surface area contributed by atoms with Crippen LogP contribution in [-0.4, -0.2) is 81.5 Å². The smallest absolute Gasteiger partial charge is 0.364 e. The summed E-state index contributed by atoms with van der Waals surface area (Å²) in [6, 6.07) is -1.13. The zero-order valence-electron chi connectivity index (χ0n) is 10.3. The first-order chi connectivity index (χ1) is 8.79. The van der Waals surface area contributed by atoms with Crippen LogP contribution in [0.15, 0.2) is 0 Å². The fourth-order valence-electron chi connectivity index (χ4n) is 1.96. The molecule has 9 nitrogen and oxygen atoms in total. The minimum Gasteiger partial charge on any atom is -0.477 e. The van der Waals surface area contributed by atoms with Gasteiger partial charge in [-0.1, -0.05) is 0 Å². The maximum atomic E-state index is 11.2. The normalized spacial score (nSPS) is 38.7. The Morgan fingerprint density at radius 1 is 1.58 bits per heavy atom. The predicted octanol–water partition coefficient (Wildman–Crippen LogP) is -3.40. The van der Waals surface area contributed by atoms with Crippen LogP contribution in [0.1, 0.15) is 6.42 Å². The lowest BCUT2D eigenvalue weighted by molar-refractivity contribution is -0.301. The maximum Gasteiger partial charge on any atom is 0.364 e. The molecule has 0 aromatic carbocycles. The van der Waals surface area contributed by atoms with E-state index in [0.717, 1.165) is 7.11 Å². The molecule has 0 aliphatic carbocycles. The summed E-state index contributed by atoms with van der Waals surface area (Å²) >= 11 is 0. The van der Waals surface area contributed by atoms with E-state index in [1.54, 1.807) is 0 Å². The Balaban J connectivity index is 2.99. The number of carboxylic acid groups (broad SMARTS) is 1. The van der Waals surface area contributed by atoms with Gasteiger partial charge >= 0.3 is 5.97 Å². The van der Waals surface area contributed by atoms with Crippen LogP contribution in [0.25, 0.3) is 0 Å². The van der Waals surface area contributed by atoms with Gasteiger partial charge in [0.1, 0.15) is 18.3 Å². The number of methoxy groups -OCH3 is 1. The predicted molar refractivity (Wildman–Crippen MR) is 59.9 cm³/mol. The quantitative estimate of drug-likeness (QED) is 0.301. The lowest BCUT2D eigenvalue weighted by Gasteiger charge is -2.44. The van der Waals surface area contributed by atoms with Crippen molar-refractivity contribution in [2.75, 3.05) is 13.7 Å². The number of aliphatic carboxylic acids is 1. The summed E-state index contributed by atoms with van der Waals surface area (Å²) in [6.07, 6.45) is -6.37. The van der Waals surface area contributed by atoms with Gasteiger partial charge in [0.05, 0.1) is 18.8 Å². The number of hydrogen-bond donors (Lipinski definition) is 6. The molecule has 1 aliphatic rings. The summed E-state index contributed by atoms with van der Waals surface area (Å²) in [5.41, 5.74) is 5.62. The van der Waals surface area contributed by atoms with Gasteiger partial charge in [0.15, 0.2) is 0 Å². The average molecular weight is 281 g/mol. The van der Waals surface area contributed by atoms with E-state index in [2.05, 4.69) is 0 Å². The molecule has 112 valence electrons. The third kappa shape index (κ3) is 3.03. The van der Waals surface area contributed by atoms with Crippen molar-refractivity contribution in [3.05, 3.63) is 0 Å². The van der Waals surface area contributed by atoms with Crippen LogP contribution in [-0.2, 0) is 14.3 Å². The summed E-state index contributed by atoms with van der Waals surface area (Å²) in [5.74, 6) is -3.65. The summed E-state index contributed by atoms with van der Waals surface area (Å²) in [4.78, 5) is 11.2. The summed E-state index contributed by atoms with van der Waals surface area (Å²) in [6.45, 7) is -0.767. The van der Waals surface area contributed by atoms with Crippen LogP contribution in [0.2, 0.25) is 0 Å². The number of rotatable bonds is 5. The first kappa shape index (κ1) is 16.2. The van der Waals surface area contributed by atoms with E-state index in [1.807, 2.05) is 0 Å². The zero-order chi connectivity index (χ0) is 14.8. The van der Waals surface area contributed by atoms with Crippen molar-refractivity contribution in [3.63, 3.8) is 0 Å². The number of carboxylic acids is 1. The van der Waals surface area contributed by atoms with E-state index in [1.165, 1.54) is 0 Å².